The molecule has 1 aliphatic heterocycles. The summed E-state index contributed by atoms with van der Waals surface area (Å²) in [6.07, 6.45) is 5.23. The van der Waals surface area contributed by atoms with Crippen molar-refractivity contribution in [3.8, 4) is 0 Å². The number of nitrogens with zero attached hydrogens (tertiary/aromatic N) is 5. The Labute approximate surface area is 158 Å². The van der Waals surface area contributed by atoms with Crippen LogP contribution < -0.4 is 0 Å². The number of hydrogen-bond acceptors (Lipinski definition) is 5. The van der Waals surface area contributed by atoms with Crippen LogP contribution in [0.15, 0.2) is 35.4 Å². The zero-order valence-corrected chi connectivity index (χ0v) is 16.3. The molecule has 0 radical (unpaired) electrons. The van der Waals surface area contributed by atoms with Crippen molar-refractivity contribution in [2.24, 2.45) is 0 Å². The summed E-state index contributed by atoms with van der Waals surface area (Å²) in [5.41, 5.74) is 1.54. The Bertz CT molecular complexity index is 948. The lowest BCUT2D eigenvalue weighted by molar-refractivity contribution is 0.0787. The predicted molar refractivity (Wildman–Crippen MR) is 98.9 cm³/mol. The summed E-state index contributed by atoms with van der Waals surface area (Å²) in [6.45, 7) is 1.24. The van der Waals surface area contributed by atoms with E-state index in [4.69, 9.17) is 0 Å². The van der Waals surface area contributed by atoms with Crippen LogP contribution in [-0.2, 0) is 10.0 Å². The second-order valence-corrected chi connectivity index (χ2v) is 9.55. The minimum absolute atomic E-state index is 0.0890. The smallest absolute Gasteiger partial charge is 0.253 e. The highest BCUT2D eigenvalue weighted by Crippen LogP contribution is 2.39. The van der Waals surface area contributed by atoms with Gasteiger partial charge in [0.1, 0.15) is 0 Å². The lowest BCUT2D eigenvalue weighted by Gasteiger charge is -2.17. The zero-order valence-electron chi connectivity index (χ0n) is 15.4. The topological polar surface area (TPSA) is 88.4 Å². The molecule has 8 nitrogen and oxygen atoms in total. The summed E-state index contributed by atoms with van der Waals surface area (Å²) in [5.74, 6) is 0.476. The third kappa shape index (κ3) is 3.49. The molecule has 2 aliphatic rings. The number of carbonyl (C=O) groups is 1. The van der Waals surface area contributed by atoms with Gasteiger partial charge in [-0.05, 0) is 43.5 Å². The van der Waals surface area contributed by atoms with E-state index in [1.165, 1.54) is 39.1 Å². The molecular weight excluding hydrogens is 366 g/mol. The van der Waals surface area contributed by atoms with Gasteiger partial charge in [-0.2, -0.15) is 0 Å². The van der Waals surface area contributed by atoms with Crippen molar-refractivity contribution in [1.82, 2.24) is 24.2 Å². The normalized spacial score (nSPS) is 20.4. The van der Waals surface area contributed by atoms with Gasteiger partial charge in [0, 0.05) is 44.9 Å². The highest BCUT2D eigenvalue weighted by Gasteiger charge is 2.31. The highest BCUT2D eigenvalue weighted by molar-refractivity contribution is 7.89. The fraction of sp³-hybridized carbons (Fsp3) is 0.500. The largest absolute Gasteiger partial charge is 0.336 e. The molecule has 0 unspecified atom stereocenters. The van der Waals surface area contributed by atoms with Crippen molar-refractivity contribution in [3.63, 3.8) is 0 Å². The predicted octanol–water partition coefficient (Wildman–Crippen LogP) is 1.49. The average Bonchev–Trinajstić information content (AvgIpc) is 3.19. The summed E-state index contributed by atoms with van der Waals surface area (Å²) in [5, 5.41) is 8.48. The van der Waals surface area contributed by atoms with Gasteiger partial charge in [-0.15, -0.1) is 5.10 Å². The van der Waals surface area contributed by atoms with Crippen LogP contribution in [0.3, 0.4) is 0 Å². The first kappa shape index (κ1) is 18.1. The first-order valence-corrected chi connectivity index (χ1v) is 10.5. The number of rotatable bonds is 5. The molecule has 1 aromatic carbocycles. The van der Waals surface area contributed by atoms with E-state index in [9.17, 15) is 13.2 Å². The first-order valence-electron chi connectivity index (χ1n) is 9.10. The third-order valence-corrected chi connectivity index (χ3v) is 7.06. The van der Waals surface area contributed by atoms with Crippen LogP contribution in [0.5, 0.6) is 0 Å². The summed E-state index contributed by atoms with van der Waals surface area (Å²) in [6, 6.07) is 6.26. The van der Waals surface area contributed by atoms with E-state index in [-0.39, 0.29) is 16.8 Å². The number of hydrogen-bond donors (Lipinski definition) is 0. The summed E-state index contributed by atoms with van der Waals surface area (Å²) >= 11 is 0. The van der Waals surface area contributed by atoms with Crippen LogP contribution in [0.2, 0.25) is 0 Å². The Morgan fingerprint density at radius 2 is 1.85 bits per heavy atom. The Morgan fingerprint density at radius 3 is 2.48 bits per heavy atom. The number of benzene rings is 1. The van der Waals surface area contributed by atoms with Gasteiger partial charge in [-0.1, -0.05) is 5.21 Å². The van der Waals surface area contributed by atoms with Gasteiger partial charge < -0.3 is 4.90 Å². The second kappa shape index (κ2) is 6.72. The molecule has 9 heteroatoms. The zero-order chi connectivity index (χ0) is 19.2. The van der Waals surface area contributed by atoms with E-state index in [0.717, 1.165) is 16.4 Å². The van der Waals surface area contributed by atoms with Crippen molar-refractivity contribution < 1.29 is 13.2 Å². The molecule has 2 fully saturated rings. The molecule has 27 heavy (non-hydrogen) atoms. The van der Waals surface area contributed by atoms with Crippen LogP contribution in [0, 0.1) is 0 Å². The Kier molecular flexibility index (Phi) is 4.51. The van der Waals surface area contributed by atoms with Crippen LogP contribution in [-0.4, -0.2) is 65.7 Å². The summed E-state index contributed by atoms with van der Waals surface area (Å²) in [4.78, 5) is 14.7. The van der Waals surface area contributed by atoms with Gasteiger partial charge >= 0.3 is 0 Å². The average molecular weight is 389 g/mol. The van der Waals surface area contributed by atoms with Crippen LogP contribution >= 0.6 is 0 Å². The van der Waals surface area contributed by atoms with E-state index in [1.54, 1.807) is 17.0 Å². The maximum atomic E-state index is 12.8. The fourth-order valence-electron chi connectivity index (χ4n) is 3.34. The molecule has 1 aromatic heterocycles. The van der Waals surface area contributed by atoms with E-state index in [0.29, 0.717) is 24.6 Å². The molecule has 0 N–H and O–H groups in total. The molecule has 2 heterocycles. The molecule has 0 spiro atoms. The van der Waals surface area contributed by atoms with Crippen LogP contribution in [0.4, 0.5) is 0 Å². The standard InChI is InChI=1S/C18H23N5O3S/c1-21(2)27(25,26)16-7-5-14(6-8-16)18(24)22-10-9-15(11-22)23-12-17(19-20-23)13-3-4-13/h5-8,12-13,15H,3-4,9-11H2,1-2H3/t15-/m1/s1. The Morgan fingerprint density at radius 1 is 1.15 bits per heavy atom. The third-order valence-electron chi connectivity index (χ3n) is 5.23. The van der Waals surface area contributed by atoms with Crippen molar-refractivity contribution in [2.75, 3.05) is 27.2 Å². The summed E-state index contributed by atoms with van der Waals surface area (Å²) < 4.78 is 27.3. The molecule has 2 aromatic rings. The SMILES string of the molecule is CN(C)S(=O)(=O)c1ccc(C(=O)N2CC[C@@H](n3cc(C4CC4)nn3)C2)cc1. The Hall–Kier alpha value is -2.26. The molecule has 1 atom stereocenters. The molecule has 4 rings (SSSR count). The van der Waals surface area contributed by atoms with Crippen molar-refractivity contribution >= 4 is 15.9 Å². The number of carbonyl (C=O) groups excluding carboxylic acids is 1. The molecule has 144 valence electrons. The Balaban J connectivity index is 1.44. The minimum atomic E-state index is -3.49. The molecule has 1 saturated heterocycles. The minimum Gasteiger partial charge on any atom is -0.336 e. The molecule has 1 saturated carbocycles. The summed E-state index contributed by atoms with van der Waals surface area (Å²) in [7, 11) is -0.526. The second-order valence-electron chi connectivity index (χ2n) is 7.40. The van der Waals surface area contributed by atoms with E-state index >= 15 is 0 Å². The lowest BCUT2D eigenvalue weighted by atomic mass is 10.2. The number of sulfonamides is 1. The molecular formula is C18H23N5O3S. The van der Waals surface area contributed by atoms with Gasteiger partial charge in [0.05, 0.1) is 16.6 Å². The quantitative estimate of drug-likeness (QED) is 0.773. The first-order chi connectivity index (χ1) is 12.9. The number of aromatic nitrogens is 3. The molecule has 1 amide bonds. The van der Waals surface area contributed by atoms with Gasteiger partial charge in [0.2, 0.25) is 10.0 Å². The van der Waals surface area contributed by atoms with Gasteiger partial charge in [-0.3, -0.25) is 4.79 Å². The van der Waals surface area contributed by atoms with Crippen LogP contribution in [0.25, 0.3) is 0 Å². The molecule has 0 bridgehead atoms. The highest BCUT2D eigenvalue weighted by atomic mass is 32.2. The maximum absolute atomic E-state index is 12.8. The fourth-order valence-corrected chi connectivity index (χ4v) is 4.24. The number of amides is 1. The van der Waals surface area contributed by atoms with E-state index in [1.807, 2.05) is 10.9 Å². The lowest BCUT2D eigenvalue weighted by Crippen LogP contribution is -2.29. The van der Waals surface area contributed by atoms with Crippen molar-refractivity contribution in [1.29, 1.82) is 0 Å². The molecule has 1 aliphatic carbocycles. The van der Waals surface area contributed by atoms with Crippen molar-refractivity contribution in [2.45, 2.75) is 36.1 Å². The monoisotopic (exact) mass is 389 g/mol. The number of likely N-dealkylation sites (tertiary alicyclic amines) is 1. The van der Waals surface area contributed by atoms with Crippen LogP contribution in [0.1, 0.15) is 47.3 Å². The van der Waals surface area contributed by atoms with Gasteiger partial charge in [0.15, 0.2) is 0 Å². The van der Waals surface area contributed by atoms with Gasteiger partial charge in [0.25, 0.3) is 5.91 Å². The van der Waals surface area contributed by atoms with Crippen molar-refractivity contribution in [3.05, 3.63) is 41.7 Å². The van der Waals surface area contributed by atoms with E-state index in [2.05, 4.69) is 10.3 Å². The van der Waals surface area contributed by atoms with E-state index < -0.39 is 10.0 Å². The van der Waals surface area contributed by atoms with Gasteiger partial charge in [-0.25, -0.2) is 17.4 Å². The maximum Gasteiger partial charge on any atom is 0.253 e.